The van der Waals surface area contributed by atoms with Gasteiger partial charge in [0.15, 0.2) is 0 Å². The van der Waals surface area contributed by atoms with Crippen LogP contribution < -0.4 is 0 Å². The number of hydrogen-bond acceptors (Lipinski definition) is 1. The summed E-state index contributed by atoms with van der Waals surface area (Å²) in [6.07, 6.45) is 3.56. The van der Waals surface area contributed by atoms with E-state index in [1.807, 2.05) is 0 Å². The van der Waals surface area contributed by atoms with Crippen LogP contribution in [0.15, 0.2) is 0 Å². The highest BCUT2D eigenvalue weighted by Gasteiger charge is 2.10. The minimum absolute atomic E-state index is 0.772. The summed E-state index contributed by atoms with van der Waals surface area (Å²) in [5, 5.41) is 5.72. The van der Waals surface area contributed by atoms with Gasteiger partial charge in [0.1, 0.15) is 0 Å². The van der Waals surface area contributed by atoms with Gasteiger partial charge in [-0.05, 0) is 44.6 Å². The molecule has 0 bridgehead atoms. The van der Waals surface area contributed by atoms with E-state index in [0.29, 0.717) is 0 Å². The van der Waals surface area contributed by atoms with E-state index in [4.69, 9.17) is 0 Å². The van der Waals surface area contributed by atoms with Crippen molar-refractivity contribution in [2.75, 3.05) is 5.33 Å². The van der Waals surface area contributed by atoms with Crippen molar-refractivity contribution < 1.29 is 0 Å². The van der Waals surface area contributed by atoms with Crippen LogP contribution >= 0.6 is 15.9 Å². The quantitative estimate of drug-likeness (QED) is 0.726. The lowest BCUT2D eigenvalue weighted by atomic mass is 10.1. The number of aryl methyl sites for hydroxylation is 2. The molecule has 16 heavy (non-hydrogen) atoms. The SMILES string of the molecule is CCc1c(C)nn(CCC(C)CCBr)c1C. The molecular weight excluding hydrogens is 264 g/mol. The first-order valence-electron chi connectivity index (χ1n) is 6.19. The Labute approximate surface area is 108 Å². The molecule has 0 aromatic carbocycles. The Morgan fingerprint density at radius 1 is 1.31 bits per heavy atom. The summed E-state index contributed by atoms with van der Waals surface area (Å²) in [5.41, 5.74) is 3.98. The monoisotopic (exact) mass is 286 g/mol. The summed E-state index contributed by atoms with van der Waals surface area (Å²) in [6, 6.07) is 0. The van der Waals surface area contributed by atoms with Crippen LogP contribution in [-0.4, -0.2) is 15.1 Å². The molecule has 0 amide bonds. The van der Waals surface area contributed by atoms with Gasteiger partial charge in [0, 0.05) is 17.6 Å². The lowest BCUT2D eigenvalue weighted by molar-refractivity contribution is 0.446. The van der Waals surface area contributed by atoms with E-state index in [2.05, 4.69) is 53.4 Å². The summed E-state index contributed by atoms with van der Waals surface area (Å²) < 4.78 is 2.18. The van der Waals surface area contributed by atoms with Gasteiger partial charge in [-0.1, -0.05) is 29.8 Å². The molecule has 0 radical (unpaired) electrons. The van der Waals surface area contributed by atoms with Crippen molar-refractivity contribution in [2.24, 2.45) is 5.92 Å². The average molecular weight is 287 g/mol. The Kier molecular flexibility index (Phi) is 5.53. The third-order valence-electron chi connectivity index (χ3n) is 3.32. The Hall–Kier alpha value is -0.310. The van der Waals surface area contributed by atoms with Gasteiger partial charge in [0.2, 0.25) is 0 Å². The smallest absolute Gasteiger partial charge is 0.0628 e. The maximum atomic E-state index is 4.62. The number of halogens is 1. The summed E-state index contributed by atoms with van der Waals surface area (Å²) in [7, 11) is 0. The zero-order valence-corrected chi connectivity index (χ0v) is 12.5. The molecule has 3 heteroatoms. The molecule has 92 valence electrons. The lowest BCUT2D eigenvalue weighted by Gasteiger charge is -2.10. The fourth-order valence-electron chi connectivity index (χ4n) is 2.14. The standard InChI is InChI=1S/C13H23BrN2/c1-5-13-11(3)15-16(12(13)4)9-7-10(2)6-8-14/h10H,5-9H2,1-4H3. The van der Waals surface area contributed by atoms with Crippen molar-refractivity contribution in [2.45, 2.75) is 53.5 Å². The summed E-state index contributed by atoms with van der Waals surface area (Å²) in [4.78, 5) is 0. The normalized spacial score (nSPS) is 13.1. The Morgan fingerprint density at radius 2 is 2.00 bits per heavy atom. The van der Waals surface area contributed by atoms with Crippen LogP contribution in [0.25, 0.3) is 0 Å². The highest BCUT2D eigenvalue weighted by molar-refractivity contribution is 9.09. The minimum Gasteiger partial charge on any atom is -0.269 e. The van der Waals surface area contributed by atoms with Crippen LogP contribution in [0.5, 0.6) is 0 Å². The highest BCUT2D eigenvalue weighted by Crippen LogP contribution is 2.16. The summed E-state index contributed by atoms with van der Waals surface area (Å²) in [6.45, 7) is 9.88. The van der Waals surface area contributed by atoms with Crippen molar-refractivity contribution >= 4 is 15.9 Å². The van der Waals surface area contributed by atoms with Crippen LogP contribution in [0.2, 0.25) is 0 Å². The first-order chi connectivity index (χ1) is 7.60. The zero-order valence-electron chi connectivity index (χ0n) is 10.9. The van der Waals surface area contributed by atoms with Crippen molar-refractivity contribution in [1.29, 1.82) is 0 Å². The third-order valence-corrected chi connectivity index (χ3v) is 3.78. The summed E-state index contributed by atoms with van der Waals surface area (Å²) >= 11 is 3.50. The summed E-state index contributed by atoms with van der Waals surface area (Å²) in [5.74, 6) is 0.772. The van der Waals surface area contributed by atoms with Crippen molar-refractivity contribution in [1.82, 2.24) is 9.78 Å². The molecule has 1 aromatic heterocycles. The Bertz CT molecular complexity index is 331. The molecule has 0 N–H and O–H groups in total. The number of hydrogen-bond donors (Lipinski definition) is 0. The molecule has 2 nitrogen and oxygen atoms in total. The van der Waals surface area contributed by atoms with Crippen LogP contribution in [0.1, 0.15) is 43.6 Å². The molecule has 0 fully saturated rings. The second-order valence-electron chi connectivity index (χ2n) is 4.60. The van der Waals surface area contributed by atoms with E-state index in [-0.39, 0.29) is 0 Å². The maximum absolute atomic E-state index is 4.62. The van der Waals surface area contributed by atoms with Gasteiger partial charge in [-0.15, -0.1) is 0 Å². The van der Waals surface area contributed by atoms with Gasteiger partial charge in [0.05, 0.1) is 5.69 Å². The largest absolute Gasteiger partial charge is 0.269 e. The fraction of sp³-hybridized carbons (Fsp3) is 0.769. The second kappa shape index (κ2) is 6.43. The molecular formula is C13H23BrN2. The van der Waals surface area contributed by atoms with E-state index < -0.39 is 0 Å². The van der Waals surface area contributed by atoms with Gasteiger partial charge in [-0.2, -0.15) is 5.10 Å². The van der Waals surface area contributed by atoms with E-state index >= 15 is 0 Å². The molecule has 1 heterocycles. The molecule has 1 unspecified atom stereocenters. The highest BCUT2D eigenvalue weighted by atomic mass is 79.9. The van der Waals surface area contributed by atoms with Crippen LogP contribution in [0.3, 0.4) is 0 Å². The third kappa shape index (κ3) is 3.34. The van der Waals surface area contributed by atoms with Gasteiger partial charge < -0.3 is 0 Å². The van der Waals surface area contributed by atoms with E-state index in [0.717, 1.165) is 24.2 Å². The van der Waals surface area contributed by atoms with E-state index in [9.17, 15) is 0 Å². The molecule has 0 aliphatic rings. The van der Waals surface area contributed by atoms with Gasteiger partial charge in [0.25, 0.3) is 0 Å². The molecule has 0 spiro atoms. The number of rotatable bonds is 6. The van der Waals surface area contributed by atoms with Crippen molar-refractivity contribution in [3.63, 3.8) is 0 Å². The predicted octanol–water partition coefficient (Wildman–Crippen LogP) is 3.87. The minimum atomic E-state index is 0.772. The van der Waals surface area contributed by atoms with E-state index in [1.54, 1.807) is 0 Å². The van der Waals surface area contributed by atoms with Crippen LogP contribution in [-0.2, 0) is 13.0 Å². The van der Waals surface area contributed by atoms with Crippen molar-refractivity contribution in [3.05, 3.63) is 17.0 Å². The van der Waals surface area contributed by atoms with Gasteiger partial charge >= 0.3 is 0 Å². The first kappa shape index (κ1) is 13.8. The molecule has 1 atom stereocenters. The lowest BCUT2D eigenvalue weighted by Crippen LogP contribution is -2.07. The number of nitrogens with zero attached hydrogens (tertiary/aromatic N) is 2. The Balaban J connectivity index is 2.61. The fourth-order valence-corrected chi connectivity index (χ4v) is 2.92. The predicted molar refractivity (Wildman–Crippen MR) is 73.3 cm³/mol. The number of alkyl halides is 1. The molecule has 1 rings (SSSR count). The molecule has 0 aliphatic heterocycles. The molecule has 0 saturated carbocycles. The first-order valence-corrected chi connectivity index (χ1v) is 7.31. The van der Waals surface area contributed by atoms with Gasteiger partial charge in [-0.3, -0.25) is 4.68 Å². The Morgan fingerprint density at radius 3 is 2.50 bits per heavy atom. The second-order valence-corrected chi connectivity index (χ2v) is 5.39. The van der Waals surface area contributed by atoms with Crippen molar-refractivity contribution in [3.8, 4) is 0 Å². The van der Waals surface area contributed by atoms with Crippen LogP contribution in [0, 0.1) is 19.8 Å². The average Bonchev–Trinajstić information content (AvgIpc) is 2.51. The molecule has 0 aliphatic carbocycles. The molecule has 0 saturated heterocycles. The maximum Gasteiger partial charge on any atom is 0.0628 e. The van der Waals surface area contributed by atoms with E-state index in [1.165, 1.54) is 29.8 Å². The van der Waals surface area contributed by atoms with Gasteiger partial charge in [-0.25, -0.2) is 0 Å². The van der Waals surface area contributed by atoms with Crippen LogP contribution in [0.4, 0.5) is 0 Å². The topological polar surface area (TPSA) is 17.8 Å². The number of aromatic nitrogens is 2. The zero-order chi connectivity index (χ0) is 12.1. The molecule has 1 aromatic rings.